The van der Waals surface area contributed by atoms with Gasteiger partial charge in [0, 0.05) is 13.1 Å². The molecule has 1 aromatic rings. The standard InChI is InChI=1S/C17H24N2O4/c1-13(17(21)19-10-6-3-7-11-19)18-16(20)12-23-15-9-5-4-8-14(15)22-2/h4-5,8-9,13H,3,6-7,10-12H2,1-2H3,(H,18,20)/t13-/m0/s1. The zero-order valence-electron chi connectivity index (χ0n) is 13.7. The molecule has 0 saturated carbocycles. The van der Waals surface area contributed by atoms with Crippen LogP contribution in [0.5, 0.6) is 11.5 Å². The quantitative estimate of drug-likeness (QED) is 0.864. The molecule has 0 aliphatic carbocycles. The first kappa shape index (κ1) is 17.1. The molecular weight excluding hydrogens is 296 g/mol. The number of para-hydroxylation sites is 2. The molecule has 0 unspecified atom stereocenters. The van der Waals surface area contributed by atoms with E-state index < -0.39 is 6.04 Å². The number of nitrogens with one attached hydrogen (secondary N) is 1. The van der Waals surface area contributed by atoms with Gasteiger partial charge in [0.2, 0.25) is 5.91 Å². The lowest BCUT2D eigenvalue weighted by molar-refractivity contribution is -0.137. The van der Waals surface area contributed by atoms with Crippen molar-refractivity contribution in [3.63, 3.8) is 0 Å². The lowest BCUT2D eigenvalue weighted by Crippen LogP contribution is -2.49. The number of benzene rings is 1. The Morgan fingerprint density at radius 2 is 1.83 bits per heavy atom. The Labute approximate surface area is 136 Å². The van der Waals surface area contributed by atoms with Gasteiger partial charge in [-0.25, -0.2) is 0 Å². The molecule has 1 fully saturated rings. The molecule has 1 saturated heterocycles. The molecule has 126 valence electrons. The fraction of sp³-hybridized carbons (Fsp3) is 0.529. The Kier molecular flexibility index (Phi) is 6.26. The summed E-state index contributed by atoms with van der Waals surface area (Å²) in [5, 5.41) is 2.69. The summed E-state index contributed by atoms with van der Waals surface area (Å²) in [6, 6.07) is 6.58. The SMILES string of the molecule is COc1ccccc1OCC(=O)N[C@@H](C)C(=O)N1CCCCC1. The Bertz CT molecular complexity index is 541. The Hall–Kier alpha value is -2.24. The van der Waals surface area contributed by atoms with Crippen molar-refractivity contribution in [3.05, 3.63) is 24.3 Å². The minimum Gasteiger partial charge on any atom is -0.493 e. The highest BCUT2D eigenvalue weighted by Crippen LogP contribution is 2.25. The zero-order valence-corrected chi connectivity index (χ0v) is 13.7. The maximum absolute atomic E-state index is 12.3. The largest absolute Gasteiger partial charge is 0.493 e. The maximum atomic E-state index is 12.3. The van der Waals surface area contributed by atoms with E-state index in [2.05, 4.69) is 5.32 Å². The van der Waals surface area contributed by atoms with Gasteiger partial charge in [-0.2, -0.15) is 0 Å². The first-order chi connectivity index (χ1) is 11.1. The van der Waals surface area contributed by atoms with Crippen LogP contribution in [0.25, 0.3) is 0 Å². The Balaban J connectivity index is 1.80. The third-order valence-electron chi connectivity index (χ3n) is 3.84. The second kappa shape index (κ2) is 8.41. The summed E-state index contributed by atoms with van der Waals surface area (Å²) in [7, 11) is 1.54. The van der Waals surface area contributed by atoms with E-state index in [1.165, 1.54) is 0 Å². The molecular formula is C17H24N2O4. The summed E-state index contributed by atoms with van der Waals surface area (Å²) < 4.78 is 10.6. The van der Waals surface area contributed by atoms with Gasteiger partial charge in [-0.15, -0.1) is 0 Å². The summed E-state index contributed by atoms with van der Waals surface area (Å²) in [6.07, 6.45) is 3.23. The fourth-order valence-electron chi connectivity index (χ4n) is 2.61. The van der Waals surface area contributed by atoms with Crippen LogP contribution < -0.4 is 14.8 Å². The number of hydrogen-bond acceptors (Lipinski definition) is 4. The molecule has 0 aromatic heterocycles. The van der Waals surface area contributed by atoms with Crippen LogP contribution in [0.2, 0.25) is 0 Å². The molecule has 6 nitrogen and oxygen atoms in total. The van der Waals surface area contributed by atoms with Crippen molar-refractivity contribution in [2.45, 2.75) is 32.2 Å². The number of ether oxygens (including phenoxy) is 2. The monoisotopic (exact) mass is 320 g/mol. The van der Waals surface area contributed by atoms with E-state index in [1.807, 2.05) is 11.0 Å². The Morgan fingerprint density at radius 1 is 1.17 bits per heavy atom. The molecule has 0 spiro atoms. The highest BCUT2D eigenvalue weighted by Gasteiger charge is 2.23. The third-order valence-corrected chi connectivity index (χ3v) is 3.84. The summed E-state index contributed by atoms with van der Waals surface area (Å²) in [4.78, 5) is 26.0. The first-order valence-corrected chi connectivity index (χ1v) is 7.96. The van der Waals surface area contributed by atoms with E-state index in [9.17, 15) is 9.59 Å². The number of likely N-dealkylation sites (tertiary alicyclic amines) is 1. The molecule has 2 rings (SSSR count). The predicted molar refractivity (Wildman–Crippen MR) is 86.5 cm³/mol. The second-order valence-corrected chi connectivity index (χ2v) is 5.61. The minimum atomic E-state index is -0.540. The lowest BCUT2D eigenvalue weighted by Gasteiger charge is -2.29. The van der Waals surface area contributed by atoms with Crippen LogP contribution in [0.3, 0.4) is 0 Å². The van der Waals surface area contributed by atoms with Gasteiger partial charge >= 0.3 is 0 Å². The molecule has 1 atom stereocenters. The van der Waals surface area contributed by atoms with Gasteiger partial charge in [0.05, 0.1) is 7.11 Å². The van der Waals surface area contributed by atoms with Gasteiger partial charge in [0.15, 0.2) is 18.1 Å². The van der Waals surface area contributed by atoms with Crippen molar-refractivity contribution in [1.82, 2.24) is 10.2 Å². The second-order valence-electron chi connectivity index (χ2n) is 5.61. The summed E-state index contributed by atoms with van der Waals surface area (Å²) >= 11 is 0. The van der Waals surface area contributed by atoms with E-state index in [-0.39, 0.29) is 18.4 Å². The van der Waals surface area contributed by atoms with Crippen molar-refractivity contribution in [2.24, 2.45) is 0 Å². The molecule has 0 radical (unpaired) electrons. The maximum Gasteiger partial charge on any atom is 0.258 e. The highest BCUT2D eigenvalue weighted by molar-refractivity contribution is 5.87. The fourth-order valence-corrected chi connectivity index (χ4v) is 2.61. The van der Waals surface area contributed by atoms with Crippen molar-refractivity contribution in [3.8, 4) is 11.5 Å². The lowest BCUT2D eigenvalue weighted by atomic mass is 10.1. The van der Waals surface area contributed by atoms with E-state index in [0.717, 1.165) is 32.4 Å². The summed E-state index contributed by atoms with van der Waals surface area (Å²) in [5.41, 5.74) is 0. The number of carbonyl (C=O) groups is 2. The van der Waals surface area contributed by atoms with Crippen LogP contribution >= 0.6 is 0 Å². The summed E-state index contributed by atoms with van der Waals surface area (Å²) in [5.74, 6) is 0.710. The number of piperidine rings is 1. The molecule has 1 N–H and O–H groups in total. The number of methoxy groups -OCH3 is 1. The molecule has 1 aliphatic heterocycles. The van der Waals surface area contributed by atoms with Gasteiger partial charge in [-0.3, -0.25) is 9.59 Å². The van der Waals surface area contributed by atoms with Crippen LogP contribution in [0.15, 0.2) is 24.3 Å². The molecule has 1 aliphatic rings. The normalized spacial score (nSPS) is 15.7. The third kappa shape index (κ3) is 4.87. The van der Waals surface area contributed by atoms with Gasteiger partial charge in [0.25, 0.3) is 5.91 Å². The number of carbonyl (C=O) groups excluding carboxylic acids is 2. The van der Waals surface area contributed by atoms with Crippen LogP contribution in [-0.2, 0) is 9.59 Å². The van der Waals surface area contributed by atoms with Crippen LogP contribution in [-0.4, -0.2) is 49.6 Å². The number of nitrogens with zero attached hydrogens (tertiary/aromatic N) is 1. The smallest absolute Gasteiger partial charge is 0.258 e. The van der Waals surface area contributed by atoms with Crippen molar-refractivity contribution < 1.29 is 19.1 Å². The molecule has 23 heavy (non-hydrogen) atoms. The van der Waals surface area contributed by atoms with Crippen LogP contribution in [0.4, 0.5) is 0 Å². The summed E-state index contributed by atoms with van der Waals surface area (Å²) in [6.45, 7) is 3.10. The van der Waals surface area contributed by atoms with E-state index >= 15 is 0 Å². The minimum absolute atomic E-state index is 0.0321. The van der Waals surface area contributed by atoms with Crippen molar-refractivity contribution >= 4 is 11.8 Å². The van der Waals surface area contributed by atoms with E-state index in [0.29, 0.717) is 11.5 Å². The number of amides is 2. The average Bonchev–Trinajstić information content (AvgIpc) is 2.60. The Morgan fingerprint density at radius 3 is 2.48 bits per heavy atom. The topological polar surface area (TPSA) is 67.9 Å². The zero-order chi connectivity index (χ0) is 16.7. The van der Waals surface area contributed by atoms with Crippen LogP contribution in [0, 0.1) is 0 Å². The van der Waals surface area contributed by atoms with E-state index in [1.54, 1.807) is 32.2 Å². The molecule has 0 bridgehead atoms. The molecule has 6 heteroatoms. The highest BCUT2D eigenvalue weighted by atomic mass is 16.5. The molecule has 1 aromatic carbocycles. The number of hydrogen-bond donors (Lipinski definition) is 1. The molecule has 2 amide bonds. The first-order valence-electron chi connectivity index (χ1n) is 7.96. The van der Waals surface area contributed by atoms with Gasteiger partial charge in [-0.1, -0.05) is 12.1 Å². The van der Waals surface area contributed by atoms with Gasteiger partial charge in [0.1, 0.15) is 6.04 Å². The predicted octanol–water partition coefficient (Wildman–Crippen LogP) is 1.59. The van der Waals surface area contributed by atoms with Gasteiger partial charge < -0.3 is 19.7 Å². The van der Waals surface area contributed by atoms with E-state index in [4.69, 9.17) is 9.47 Å². The van der Waals surface area contributed by atoms with Crippen LogP contribution in [0.1, 0.15) is 26.2 Å². The molecule has 1 heterocycles. The van der Waals surface area contributed by atoms with Crippen molar-refractivity contribution in [2.75, 3.05) is 26.8 Å². The average molecular weight is 320 g/mol. The number of rotatable bonds is 6. The van der Waals surface area contributed by atoms with Crippen molar-refractivity contribution in [1.29, 1.82) is 0 Å². The van der Waals surface area contributed by atoms with Gasteiger partial charge in [-0.05, 0) is 38.3 Å².